The molecule has 0 unspecified atom stereocenters. The molecule has 0 bridgehead atoms. The summed E-state index contributed by atoms with van der Waals surface area (Å²) in [6.45, 7) is 5.39. The highest BCUT2D eigenvalue weighted by molar-refractivity contribution is 7.09. The maximum atomic E-state index is 4.69. The first-order valence-corrected chi connectivity index (χ1v) is 8.82. The molecule has 0 spiro atoms. The van der Waals surface area contributed by atoms with Gasteiger partial charge < -0.3 is 15.5 Å². The Morgan fingerprint density at radius 2 is 1.96 bits per heavy atom. The summed E-state index contributed by atoms with van der Waals surface area (Å²) in [6.07, 6.45) is 0. The minimum absolute atomic E-state index is 0.682. The van der Waals surface area contributed by atoms with E-state index in [2.05, 4.69) is 83.3 Å². The Morgan fingerprint density at radius 1 is 1.13 bits per heavy atom. The van der Waals surface area contributed by atoms with Crippen LogP contribution in [0.2, 0.25) is 0 Å². The molecule has 0 atom stereocenters. The average Bonchev–Trinajstić information content (AvgIpc) is 3.03. The van der Waals surface area contributed by atoms with Gasteiger partial charge in [-0.25, -0.2) is 4.99 Å². The largest absolute Gasteiger partial charge is 0.357 e. The minimum Gasteiger partial charge on any atom is -0.357 e. The molecule has 23 heavy (non-hydrogen) atoms. The topological polar surface area (TPSA) is 39.7 Å². The van der Waals surface area contributed by atoms with Crippen LogP contribution in [0.15, 0.2) is 46.8 Å². The van der Waals surface area contributed by atoms with Gasteiger partial charge in [-0.05, 0) is 43.6 Å². The summed E-state index contributed by atoms with van der Waals surface area (Å²) < 4.78 is 0. The Balaban J connectivity index is 1.96. The normalized spacial score (nSPS) is 11.7. The lowest BCUT2D eigenvalue weighted by atomic mass is 10.1. The molecule has 0 aliphatic heterocycles. The SMILES string of the molecule is CCNC(=NCc1cccc(CN(C)C)c1)NCc1cccs1. The summed E-state index contributed by atoms with van der Waals surface area (Å²) in [5, 5.41) is 8.77. The highest BCUT2D eigenvalue weighted by Crippen LogP contribution is 2.09. The van der Waals surface area contributed by atoms with Gasteiger partial charge in [0.05, 0.1) is 13.1 Å². The van der Waals surface area contributed by atoms with Crippen molar-refractivity contribution >= 4 is 17.3 Å². The predicted octanol–water partition coefficient (Wildman–Crippen LogP) is 3.07. The molecule has 4 nitrogen and oxygen atoms in total. The highest BCUT2D eigenvalue weighted by atomic mass is 32.1. The number of thiophene rings is 1. The lowest BCUT2D eigenvalue weighted by molar-refractivity contribution is 0.402. The first-order chi connectivity index (χ1) is 11.2. The summed E-state index contributed by atoms with van der Waals surface area (Å²) in [6, 6.07) is 12.8. The summed E-state index contributed by atoms with van der Waals surface area (Å²) in [4.78, 5) is 8.17. The van der Waals surface area contributed by atoms with E-state index >= 15 is 0 Å². The van der Waals surface area contributed by atoms with E-state index in [1.165, 1.54) is 16.0 Å². The summed E-state index contributed by atoms with van der Waals surface area (Å²) in [5.74, 6) is 0.860. The van der Waals surface area contributed by atoms with E-state index in [1.807, 2.05) is 0 Å². The molecule has 1 aromatic carbocycles. The van der Waals surface area contributed by atoms with Crippen LogP contribution in [-0.4, -0.2) is 31.5 Å². The van der Waals surface area contributed by atoms with Gasteiger partial charge in [-0.3, -0.25) is 0 Å². The maximum Gasteiger partial charge on any atom is 0.191 e. The Kier molecular flexibility index (Phi) is 7.10. The van der Waals surface area contributed by atoms with Crippen LogP contribution in [0.1, 0.15) is 22.9 Å². The van der Waals surface area contributed by atoms with Crippen molar-refractivity contribution in [1.82, 2.24) is 15.5 Å². The minimum atomic E-state index is 0.682. The maximum absolute atomic E-state index is 4.69. The van der Waals surface area contributed by atoms with Gasteiger partial charge in [0.15, 0.2) is 5.96 Å². The zero-order valence-electron chi connectivity index (χ0n) is 14.2. The Labute approximate surface area is 143 Å². The molecular formula is C18H26N4S. The van der Waals surface area contributed by atoms with Gasteiger partial charge in [-0.15, -0.1) is 11.3 Å². The fourth-order valence-corrected chi connectivity index (χ4v) is 2.93. The monoisotopic (exact) mass is 330 g/mol. The Morgan fingerprint density at radius 3 is 2.65 bits per heavy atom. The van der Waals surface area contributed by atoms with Crippen molar-refractivity contribution < 1.29 is 0 Å². The van der Waals surface area contributed by atoms with Gasteiger partial charge in [-0.2, -0.15) is 0 Å². The van der Waals surface area contributed by atoms with Crippen LogP contribution in [-0.2, 0) is 19.6 Å². The number of rotatable bonds is 7. The van der Waals surface area contributed by atoms with Crippen LogP contribution in [0.5, 0.6) is 0 Å². The van der Waals surface area contributed by atoms with E-state index in [-0.39, 0.29) is 0 Å². The molecule has 0 saturated carbocycles. The van der Waals surface area contributed by atoms with E-state index in [1.54, 1.807) is 11.3 Å². The van der Waals surface area contributed by atoms with Gasteiger partial charge in [-0.1, -0.05) is 30.3 Å². The van der Waals surface area contributed by atoms with Crippen LogP contribution < -0.4 is 10.6 Å². The van der Waals surface area contributed by atoms with Crippen molar-refractivity contribution in [3.63, 3.8) is 0 Å². The lowest BCUT2D eigenvalue weighted by Crippen LogP contribution is -2.36. The van der Waals surface area contributed by atoms with E-state index in [9.17, 15) is 0 Å². The third kappa shape index (κ3) is 6.42. The summed E-state index contributed by atoms with van der Waals surface area (Å²) in [5.41, 5.74) is 2.55. The Bertz CT molecular complexity index is 605. The average molecular weight is 331 g/mol. The fourth-order valence-electron chi connectivity index (χ4n) is 2.29. The van der Waals surface area contributed by atoms with Crippen LogP contribution in [0.25, 0.3) is 0 Å². The number of hydrogen-bond acceptors (Lipinski definition) is 3. The molecule has 1 heterocycles. The predicted molar refractivity (Wildman–Crippen MR) is 99.8 cm³/mol. The molecule has 2 aromatic rings. The molecule has 0 aliphatic rings. The van der Waals surface area contributed by atoms with Crippen molar-refractivity contribution in [3.05, 3.63) is 57.8 Å². The van der Waals surface area contributed by atoms with Gasteiger partial charge in [0, 0.05) is 18.0 Å². The molecule has 0 saturated heterocycles. The molecule has 124 valence electrons. The molecule has 5 heteroatoms. The van der Waals surface area contributed by atoms with Crippen molar-refractivity contribution in [1.29, 1.82) is 0 Å². The van der Waals surface area contributed by atoms with Gasteiger partial charge >= 0.3 is 0 Å². The standard InChI is InChI=1S/C18H26N4S/c1-4-19-18(21-13-17-9-6-10-23-17)20-12-15-7-5-8-16(11-15)14-22(2)3/h5-11H,4,12-14H2,1-3H3,(H2,19,20,21). The molecular weight excluding hydrogens is 304 g/mol. The lowest BCUT2D eigenvalue weighted by Gasteiger charge is -2.12. The van der Waals surface area contributed by atoms with E-state index < -0.39 is 0 Å². The number of guanidine groups is 1. The van der Waals surface area contributed by atoms with Crippen molar-refractivity contribution in [2.75, 3.05) is 20.6 Å². The van der Waals surface area contributed by atoms with Crippen molar-refractivity contribution in [2.24, 2.45) is 4.99 Å². The molecule has 0 amide bonds. The second kappa shape index (κ2) is 9.33. The van der Waals surface area contributed by atoms with Crippen LogP contribution in [0.3, 0.4) is 0 Å². The molecule has 0 radical (unpaired) electrons. The van der Waals surface area contributed by atoms with Crippen molar-refractivity contribution in [3.8, 4) is 0 Å². The van der Waals surface area contributed by atoms with E-state index in [4.69, 9.17) is 0 Å². The second-order valence-corrected chi connectivity index (χ2v) is 6.72. The zero-order valence-corrected chi connectivity index (χ0v) is 15.0. The number of benzene rings is 1. The second-order valence-electron chi connectivity index (χ2n) is 5.69. The van der Waals surface area contributed by atoms with Crippen molar-refractivity contribution in [2.45, 2.75) is 26.6 Å². The zero-order chi connectivity index (χ0) is 16.5. The molecule has 2 N–H and O–H groups in total. The highest BCUT2D eigenvalue weighted by Gasteiger charge is 2.01. The molecule has 2 rings (SSSR count). The number of nitrogens with zero attached hydrogens (tertiary/aromatic N) is 2. The number of aliphatic imine (C=N–C) groups is 1. The third-order valence-electron chi connectivity index (χ3n) is 3.26. The van der Waals surface area contributed by atoms with E-state index in [0.29, 0.717) is 6.54 Å². The van der Waals surface area contributed by atoms with Gasteiger partial charge in [0.25, 0.3) is 0 Å². The fraction of sp³-hybridized carbons (Fsp3) is 0.389. The van der Waals surface area contributed by atoms with Gasteiger partial charge in [0.1, 0.15) is 0 Å². The number of nitrogens with one attached hydrogen (secondary N) is 2. The molecule has 0 fully saturated rings. The number of hydrogen-bond donors (Lipinski definition) is 2. The smallest absolute Gasteiger partial charge is 0.191 e. The molecule has 1 aromatic heterocycles. The molecule has 0 aliphatic carbocycles. The van der Waals surface area contributed by atoms with E-state index in [0.717, 1.165) is 25.6 Å². The first kappa shape index (κ1) is 17.5. The van der Waals surface area contributed by atoms with Crippen LogP contribution in [0, 0.1) is 0 Å². The third-order valence-corrected chi connectivity index (χ3v) is 4.14. The first-order valence-electron chi connectivity index (χ1n) is 7.94. The van der Waals surface area contributed by atoms with Gasteiger partial charge in [0.2, 0.25) is 0 Å². The van der Waals surface area contributed by atoms with Crippen LogP contribution in [0.4, 0.5) is 0 Å². The summed E-state index contributed by atoms with van der Waals surface area (Å²) >= 11 is 1.76. The quantitative estimate of drug-likeness (QED) is 0.605. The Hall–Kier alpha value is -1.85. The summed E-state index contributed by atoms with van der Waals surface area (Å²) in [7, 11) is 4.17. The van der Waals surface area contributed by atoms with Crippen LogP contribution >= 0.6 is 11.3 Å².